The second-order valence-corrected chi connectivity index (χ2v) is 3.07. The molecule has 0 aliphatic carbocycles. The molecule has 90 valence electrons. The van der Waals surface area contributed by atoms with Crippen LogP contribution in [-0.2, 0) is 28.7 Å². The van der Waals surface area contributed by atoms with Gasteiger partial charge in [-0.2, -0.15) is 0 Å². The third-order valence-electron chi connectivity index (χ3n) is 1.85. The molecule has 0 saturated carbocycles. The first-order chi connectivity index (χ1) is 7.52. The normalized spacial score (nSPS) is 13.9. The number of carbonyl (C=O) groups is 4. The molecule has 2 atom stereocenters. The smallest absolute Gasteiger partial charge is 0.223 e. The van der Waals surface area contributed by atoms with Gasteiger partial charge in [0.25, 0.3) is 0 Å². The highest BCUT2D eigenvalue weighted by Gasteiger charge is 2.14. The minimum Gasteiger partial charge on any atom is -0.368 e. The highest BCUT2D eigenvalue weighted by atomic mass is 16.5. The van der Waals surface area contributed by atoms with Crippen molar-refractivity contribution in [2.75, 3.05) is 13.2 Å². The van der Waals surface area contributed by atoms with Gasteiger partial charge in [0.1, 0.15) is 12.2 Å². The molecule has 16 heavy (non-hydrogen) atoms. The van der Waals surface area contributed by atoms with Crippen molar-refractivity contribution in [1.29, 1.82) is 0 Å². The Morgan fingerprint density at radius 1 is 0.938 bits per heavy atom. The Balaban J connectivity index is 3.68. The van der Waals surface area contributed by atoms with Crippen LogP contribution in [-0.4, -0.2) is 49.6 Å². The van der Waals surface area contributed by atoms with Crippen molar-refractivity contribution in [3.8, 4) is 0 Å². The van der Waals surface area contributed by atoms with E-state index < -0.39 is 23.8 Å². The van der Waals surface area contributed by atoms with Crippen LogP contribution in [0.3, 0.4) is 0 Å². The van der Waals surface area contributed by atoms with Gasteiger partial charge in [-0.15, -0.1) is 0 Å². The van der Waals surface area contributed by atoms with E-state index in [0.29, 0.717) is 0 Å². The molecule has 6 heteroatoms. The number of ketones is 2. The van der Waals surface area contributed by atoms with E-state index in [1.165, 1.54) is 13.8 Å². The lowest BCUT2D eigenvalue weighted by atomic mass is 10.3. The summed E-state index contributed by atoms with van der Waals surface area (Å²) in [5.74, 6) is -1.31. The molecule has 0 rings (SSSR count). The topological polar surface area (TPSA) is 86.7 Å². The summed E-state index contributed by atoms with van der Waals surface area (Å²) >= 11 is 0. The van der Waals surface area contributed by atoms with Gasteiger partial charge < -0.3 is 9.47 Å². The number of hydrogen-bond acceptors (Lipinski definition) is 6. The maximum absolute atomic E-state index is 10.8. The number of carbonyl (C=O) groups excluding carboxylic acids is 4. The van der Waals surface area contributed by atoms with Crippen molar-refractivity contribution in [1.82, 2.24) is 0 Å². The van der Waals surface area contributed by atoms with Gasteiger partial charge in [0.2, 0.25) is 11.6 Å². The first kappa shape index (κ1) is 14.6. The molecule has 0 aliphatic rings. The van der Waals surface area contributed by atoms with E-state index in [9.17, 15) is 19.2 Å². The zero-order valence-electron chi connectivity index (χ0n) is 9.17. The molecule has 0 aromatic rings. The monoisotopic (exact) mass is 230 g/mol. The summed E-state index contributed by atoms with van der Waals surface area (Å²) < 4.78 is 9.91. The molecule has 0 radical (unpaired) electrons. The van der Waals surface area contributed by atoms with Gasteiger partial charge in [-0.1, -0.05) is 0 Å². The largest absolute Gasteiger partial charge is 0.368 e. The Labute approximate surface area is 92.9 Å². The molecule has 6 nitrogen and oxygen atoms in total. The fraction of sp³-hybridized carbons (Fsp3) is 0.600. The number of ether oxygens (including phenoxy) is 2. The van der Waals surface area contributed by atoms with Gasteiger partial charge >= 0.3 is 0 Å². The maximum Gasteiger partial charge on any atom is 0.223 e. The average molecular weight is 230 g/mol. The second kappa shape index (κ2) is 7.84. The van der Waals surface area contributed by atoms with Crippen molar-refractivity contribution < 1.29 is 28.7 Å². The molecular formula is C10H14O6. The number of aldehydes is 2. The standard InChI is InChI=1S/C10H14O6/c1-7(9(13)5-11)15-3-4-16-8(2)10(14)6-12/h5-8H,3-4H2,1-2H3. The van der Waals surface area contributed by atoms with E-state index in [2.05, 4.69) is 0 Å². The van der Waals surface area contributed by atoms with Gasteiger partial charge in [-0.3, -0.25) is 19.2 Å². The molecule has 0 amide bonds. The van der Waals surface area contributed by atoms with E-state index in [1.807, 2.05) is 0 Å². The van der Waals surface area contributed by atoms with Crippen LogP contribution >= 0.6 is 0 Å². The third kappa shape index (κ3) is 5.47. The van der Waals surface area contributed by atoms with Crippen LogP contribution in [0.4, 0.5) is 0 Å². The van der Waals surface area contributed by atoms with Gasteiger partial charge in [-0.05, 0) is 13.8 Å². The fourth-order valence-corrected chi connectivity index (χ4v) is 0.806. The Bertz CT molecular complexity index is 244. The van der Waals surface area contributed by atoms with Crippen molar-refractivity contribution in [2.45, 2.75) is 26.1 Å². The highest BCUT2D eigenvalue weighted by molar-refractivity contribution is 6.27. The molecule has 0 heterocycles. The van der Waals surface area contributed by atoms with E-state index >= 15 is 0 Å². The zero-order chi connectivity index (χ0) is 12.6. The predicted octanol–water partition coefficient (Wildman–Crippen LogP) is -0.667. The van der Waals surface area contributed by atoms with Gasteiger partial charge in [0.05, 0.1) is 13.2 Å². The Hall–Kier alpha value is -1.40. The van der Waals surface area contributed by atoms with Crippen LogP contribution < -0.4 is 0 Å². The van der Waals surface area contributed by atoms with E-state index in [4.69, 9.17) is 9.47 Å². The molecule has 2 unspecified atom stereocenters. The average Bonchev–Trinajstić information content (AvgIpc) is 2.31. The quantitative estimate of drug-likeness (QED) is 0.296. The Morgan fingerprint density at radius 2 is 1.25 bits per heavy atom. The lowest BCUT2D eigenvalue weighted by Crippen LogP contribution is -2.26. The number of hydrogen-bond donors (Lipinski definition) is 0. The van der Waals surface area contributed by atoms with Crippen LogP contribution in [0.5, 0.6) is 0 Å². The van der Waals surface area contributed by atoms with Gasteiger partial charge in [0.15, 0.2) is 12.6 Å². The van der Waals surface area contributed by atoms with Crippen LogP contribution in [0.2, 0.25) is 0 Å². The van der Waals surface area contributed by atoms with Crippen LogP contribution in [0.15, 0.2) is 0 Å². The van der Waals surface area contributed by atoms with Crippen LogP contribution in [0.25, 0.3) is 0 Å². The summed E-state index contributed by atoms with van der Waals surface area (Å²) in [5.41, 5.74) is 0. The lowest BCUT2D eigenvalue weighted by Gasteiger charge is -2.11. The predicted molar refractivity (Wildman–Crippen MR) is 53.0 cm³/mol. The van der Waals surface area contributed by atoms with E-state index in [1.54, 1.807) is 0 Å². The molecule has 0 bridgehead atoms. The van der Waals surface area contributed by atoms with E-state index in [0.717, 1.165) is 0 Å². The summed E-state index contributed by atoms with van der Waals surface area (Å²) in [6, 6.07) is 0. The SMILES string of the molecule is CC(OCCOC(C)C(=O)C=O)C(=O)C=O. The van der Waals surface area contributed by atoms with Crippen molar-refractivity contribution in [2.24, 2.45) is 0 Å². The van der Waals surface area contributed by atoms with Gasteiger partial charge in [-0.25, -0.2) is 0 Å². The summed E-state index contributed by atoms with van der Waals surface area (Å²) in [6.07, 6.45) is -1.27. The Kier molecular flexibility index (Phi) is 7.15. The minimum absolute atomic E-state index is 0.0667. The minimum atomic E-state index is -0.821. The van der Waals surface area contributed by atoms with Crippen LogP contribution in [0.1, 0.15) is 13.8 Å². The lowest BCUT2D eigenvalue weighted by molar-refractivity contribution is -0.141. The highest BCUT2D eigenvalue weighted by Crippen LogP contribution is 1.94. The number of Topliss-reactive ketones (excluding diaryl/α,β-unsaturated/α-hetero) is 2. The summed E-state index contributed by atoms with van der Waals surface area (Å²) in [5, 5.41) is 0. The number of rotatable bonds is 9. The Morgan fingerprint density at radius 3 is 1.50 bits per heavy atom. The molecule has 0 aromatic heterocycles. The van der Waals surface area contributed by atoms with Crippen molar-refractivity contribution in [3.63, 3.8) is 0 Å². The molecule has 0 aromatic carbocycles. The molecule has 0 saturated heterocycles. The molecule has 0 spiro atoms. The summed E-state index contributed by atoms with van der Waals surface area (Å²) in [6.45, 7) is 3.02. The second-order valence-electron chi connectivity index (χ2n) is 3.07. The molecule has 0 fully saturated rings. The summed E-state index contributed by atoms with van der Waals surface area (Å²) in [7, 11) is 0. The fourth-order valence-electron chi connectivity index (χ4n) is 0.806. The molecular weight excluding hydrogens is 216 g/mol. The molecule has 0 N–H and O–H groups in total. The maximum atomic E-state index is 10.8. The van der Waals surface area contributed by atoms with E-state index in [-0.39, 0.29) is 25.8 Å². The zero-order valence-corrected chi connectivity index (χ0v) is 9.17. The molecule has 0 aliphatic heterocycles. The third-order valence-corrected chi connectivity index (χ3v) is 1.85. The van der Waals surface area contributed by atoms with Crippen LogP contribution in [0, 0.1) is 0 Å². The summed E-state index contributed by atoms with van der Waals surface area (Å²) in [4.78, 5) is 41.7. The first-order valence-corrected chi connectivity index (χ1v) is 4.74. The van der Waals surface area contributed by atoms with Crippen molar-refractivity contribution >= 4 is 24.1 Å². The first-order valence-electron chi connectivity index (χ1n) is 4.74. The van der Waals surface area contributed by atoms with Crippen molar-refractivity contribution in [3.05, 3.63) is 0 Å². The van der Waals surface area contributed by atoms with Gasteiger partial charge in [0, 0.05) is 0 Å².